The smallest absolute Gasteiger partial charge is 0.419 e. The lowest BCUT2D eigenvalue weighted by Gasteiger charge is -2.12. The van der Waals surface area contributed by atoms with Crippen molar-refractivity contribution in [3.8, 4) is 5.75 Å². The minimum Gasteiger partial charge on any atom is -0.422 e. The summed E-state index contributed by atoms with van der Waals surface area (Å²) in [6, 6.07) is 7.15. The van der Waals surface area contributed by atoms with Crippen molar-refractivity contribution in [1.29, 1.82) is 0 Å². The van der Waals surface area contributed by atoms with Gasteiger partial charge in [0.2, 0.25) is 0 Å². The molecule has 4 nitrogen and oxygen atoms in total. The number of pyridine rings is 1. The number of alkyl halides is 3. The largest absolute Gasteiger partial charge is 0.422 e. The molecule has 0 bridgehead atoms. The van der Waals surface area contributed by atoms with Crippen LogP contribution in [0.3, 0.4) is 0 Å². The van der Waals surface area contributed by atoms with Crippen LogP contribution in [0.15, 0.2) is 42.6 Å². The number of ether oxygens (including phenoxy) is 1. The third-order valence-corrected chi connectivity index (χ3v) is 2.42. The van der Waals surface area contributed by atoms with Crippen LogP contribution in [0.2, 0.25) is 0 Å². The third kappa shape index (κ3) is 3.05. The topological polar surface area (TPSA) is 65.2 Å². The highest BCUT2D eigenvalue weighted by Gasteiger charge is 2.34. The van der Waals surface area contributed by atoms with Crippen LogP contribution in [0.1, 0.15) is 15.9 Å². The Balaban J connectivity index is 2.26. The van der Waals surface area contributed by atoms with Gasteiger partial charge >= 0.3 is 12.1 Å². The number of benzene rings is 1. The molecule has 0 saturated heterocycles. The van der Waals surface area contributed by atoms with E-state index in [1.54, 1.807) is 0 Å². The van der Waals surface area contributed by atoms with Crippen LogP contribution in [0.5, 0.6) is 5.75 Å². The van der Waals surface area contributed by atoms with Crippen LogP contribution in [0, 0.1) is 0 Å². The van der Waals surface area contributed by atoms with Crippen molar-refractivity contribution in [3.05, 3.63) is 53.7 Å². The van der Waals surface area contributed by atoms with E-state index in [9.17, 15) is 18.0 Å². The summed E-state index contributed by atoms with van der Waals surface area (Å²) in [7, 11) is 0. The van der Waals surface area contributed by atoms with Gasteiger partial charge in [-0.15, -0.1) is 0 Å². The number of carbonyl (C=O) groups is 1. The molecule has 1 aromatic carbocycles. The Labute approximate surface area is 112 Å². The fraction of sp³-hybridized carbons (Fsp3) is 0.0769. The minimum absolute atomic E-state index is 0.0103. The van der Waals surface area contributed by atoms with Crippen LogP contribution >= 0.6 is 0 Å². The van der Waals surface area contributed by atoms with Crippen LogP contribution in [-0.4, -0.2) is 11.0 Å². The SMILES string of the molecule is Nc1ccc(C(=O)Oc2ccccc2C(F)(F)F)cn1. The van der Waals surface area contributed by atoms with Crippen LogP contribution in [0.4, 0.5) is 19.0 Å². The third-order valence-electron chi connectivity index (χ3n) is 2.42. The molecule has 0 unspecified atom stereocenters. The normalized spacial score (nSPS) is 11.2. The Hall–Kier alpha value is -2.57. The van der Waals surface area contributed by atoms with Crippen LogP contribution in [-0.2, 0) is 6.18 Å². The van der Waals surface area contributed by atoms with E-state index in [2.05, 4.69) is 4.98 Å². The van der Waals surface area contributed by atoms with E-state index >= 15 is 0 Å². The number of anilines is 1. The van der Waals surface area contributed by atoms with Crippen LogP contribution < -0.4 is 10.5 Å². The molecule has 0 radical (unpaired) electrons. The molecule has 2 rings (SSSR count). The Morgan fingerprint density at radius 2 is 1.85 bits per heavy atom. The van der Waals surface area contributed by atoms with Crippen molar-refractivity contribution in [2.75, 3.05) is 5.73 Å². The molecule has 0 aliphatic heterocycles. The molecule has 0 fully saturated rings. The van der Waals surface area contributed by atoms with E-state index < -0.39 is 23.5 Å². The van der Waals surface area contributed by atoms with Gasteiger partial charge in [0.15, 0.2) is 0 Å². The van der Waals surface area contributed by atoms with Gasteiger partial charge in [-0.25, -0.2) is 9.78 Å². The Kier molecular flexibility index (Phi) is 3.60. The molecule has 20 heavy (non-hydrogen) atoms. The fourth-order valence-electron chi connectivity index (χ4n) is 1.47. The molecule has 0 aliphatic rings. The minimum atomic E-state index is -4.60. The van der Waals surface area contributed by atoms with Crippen LogP contribution in [0.25, 0.3) is 0 Å². The lowest BCUT2D eigenvalue weighted by molar-refractivity contribution is -0.138. The number of para-hydroxylation sites is 1. The van der Waals surface area contributed by atoms with Gasteiger partial charge in [-0.1, -0.05) is 12.1 Å². The first-order chi connectivity index (χ1) is 9.38. The molecule has 1 aromatic heterocycles. The molecule has 0 spiro atoms. The highest BCUT2D eigenvalue weighted by Crippen LogP contribution is 2.36. The van der Waals surface area contributed by atoms with E-state index in [4.69, 9.17) is 10.5 Å². The number of halogens is 3. The van der Waals surface area contributed by atoms with Crippen molar-refractivity contribution >= 4 is 11.8 Å². The number of hydrogen-bond acceptors (Lipinski definition) is 4. The second-order valence-corrected chi connectivity index (χ2v) is 3.86. The monoisotopic (exact) mass is 282 g/mol. The maximum Gasteiger partial charge on any atom is 0.419 e. The maximum atomic E-state index is 12.7. The lowest BCUT2D eigenvalue weighted by Crippen LogP contribution is -2.14. The molecule has 7 heteroatoms. The van der Waals surface area contributed by atoms with Crippen molar-refractivity contribution in [3.63, 3.8) is 0 Å². The maximum absolute atomic E-state index is 12.7. The number of aromatic nitrogens is 1. The quantitative estimate of drug-likeness (QED) is 0.679. The first-order valence-corrected chi connectivity index (χ1v) is 5.48. The molecular formula is C13H9F3N2O2. The molecule has 0 aliphatic carbocycles. The lowest BCUT2D eigenvalue weighted by atomic mass is 10.2. The van der Waals surface area contributed by atoms with E-state index in [0.717, 1.165) is 18.3 Å². The molecule has 0 atom stereocenters. The van der Waals surface area contributed by atoms with Gasteiger partial charge < -0.3 is 10.5 Å². The number of nitrogen functional groups attached to an aromatic ring is 1. The van der Waals surface area contributed by atoms with Crippen molar-refractivity contribution in [1.82, 2.24) is 4.98 Å². The van der Waals surface area contributed by atoms with Gasteiger partial charge in [-0.3, -0.25) is 0 Å². The first kappa shape index (κ1) is 13.9. The van der Waals surface area contributed by atoms with Gasteiger partial charge in [0, 0.05) is 6.20 Å². The Morgan fingerprint density at radius 1 is 1.15 bits per heavy atom. The predicted molar refractivity (Wildman–Crippen MR) is 65.1 cm³/mol. The van der Waals surface area contributed by atoms with Crippen molar-refractivity contribution in [2.24, 2.45) is 0 Å². The number of esters is 1. The Morgan fingerprint density at radius 3 is 2.45 bits per heavy atom. The van der Waals surface area contributed by atoms with E-state index in [1.807, 2.05) is 0 Å². The summed E-state index contributed by atoms with van der Waals surface area (Å²) in [6.45, 7) is 0. The van der Waals surface area contributed by atoms with Crippen molar-refractivity contribution in [2.45, 2.75) is 6.18 Å². The summed E-state index contributed by atoms with van der Waals surface area (Å²) in [5.74, 6) is -1.30. The zero-order chi connectivity index (χ0) is 14.8. The van der Waals surface area contributed by atoms with Gasteiger partial charge in [-0.05, 0) is 24.3 Å². The number of carbonyl (C=O) groups excluding carboxylic acids is 1. The van der Waals surface area contributed by atoms with Crippen molar-refractivity contribution < 1.29 is 22.7 Å². The number of nitrogens with two attached hydrogens (primary N) is 1. The van der Waals surface area contributed by atoms with E-state index in [1.165, 1.54) is 24.3 Å². The summed E-state index contributed by atoms with van der Waals surface area (Å²) >= 11 is 0. The second-order valence-electron chi connectivity index (χ2n) is 3.86. The Bertz CT molecular complexity index is 624. The average Bonchev–Trinajstić information content (AvgIpc) is 2.38. The molecule has 1 heterocycles. The van der Waals surface area contributed by atoms with E-state index in [0.29, 0.717) is 0 Å². The molecule has 0 saturated carbocycles. The van der Waals surface area contributed by atoms with Gasteiger partial charge in [0.1, 0.15) is 11.6 Å². The average molecular weight is 282 g/mol. The van der Waals surface area contributed by atoms with Gasteiger partial charge in [0.05, 0.1) is 11.1 Å². The van der Waals surface area contributed by atoms with Gasteiger partial charge in [-0.2, -0.15) is 13.2 Å². The summed E-state index contributed by atoms with van der Waals surface area (Å²) in [6.07, 6.45) is -3.47. The molecule has 0 amide bonds. The highest BCUT2D eigenvalue weighted by atomic mass is 19.4. The highest BCUT2D eigenvalue weighted by molar-refractivity contribution is 5.91. The summed E-state index contributed by atoms with van der Waals surface area (Å²) in [5, 5.41) is 0. The summed E-state index contributed by atoms with van der Waals surface area (Å²) in [5.41, 5.74) is 4.34. The van der Waals surface area contributed by atoms with E-state index in [-0.39, 0.29) is 11.4 Å². The fourth-order valence-corrected chi connectivity index (χ4v) is 1.47. The summed E-state index contributed by atoms with van der Waals surface area (Å²) < 4.78 is 43.0. The predicted octanol–water partition coefficient (Wildman–Crippen LogP) is 2.90. The number of hydrogen-bond donors (Lipinski definition) is 1. The number of rotatable bonds is 2. The van der Waals surface area contributed by atoms with Gasteiger partial charge in [0.25, 0.3) is 0 Å². The first-order valence-electron chi connectivity index (χ1n) is 5.48. The second kappa shape index (κ2) is 5.20. The zero-order valence-corrected chi connectivity index (χ0v) is 10.0. The molecular weight excluding hydrogens is 273 g/mol. The zero-order valence-electron chi connectivity index (χ0n) is 10.0. The molecule has 2 aromatic rings. The summed E-state index contributed by atoms with van der Waals surface area (Å²) in [4.78, 5) is 15.4. The standard InChI is InChI=1S/C13H9F3N2O2/c14-13(15,16)9-3-1-2-4-10(9)20-12(19)8-5-6-11(17)18-7-8/h1-7H,(H2,17,18). The molecule has 104 valence electrons. The number of nitrogens with zero attached hydrogens (tertiary/aromatic N) is 1. The molecule has 2 N–H and O–H groups in total.